The van der Waals surface area contributed by atoms with Crippen LogP contribution in [0.3, 0.4) is 0 Å². The van der Waals surface area contributed by atoms with Gasteiger partial charge in [-0.05, 0) is 24.0 Å². The normalized spacial score (nSPS) is 19.9. The van der Waals surface area contributed by atoms with Crippen molar-refractivity contribution in [1.29, 1.82) is 0 Å². The van der Waals surface area contributed by atoms with Crippen LogP contribution in [0.1, 0.15) is 55.1 Å². The Morgan fingerprint density at radius 3 is 2.75 bits per heavy atom. The molecule has 0 spiro atoms. The molecule has 206 valence electrons. The number of nitrogens with zero attached hydrogens (tertiary/aromatic N) is 2. The van der Waals surface area contributed by atoms with E-state index in [1.54, 1.807) is 19.2 Å². The van der Waals surface area contributed by atoms with Gasteiger partial charge in [0, 0.05) is 17.7 Å². The first-order valence-corrected chi connectivity index (χ1v) is 13.8. The Balaban J connectivity index is 1.40. The van der Waals surface area contributed by atoms with Gasteiger partial charge >= 0.3 is 6.03 Å². The number of nitrogens with one attached hydrogen (secondary N) is 2. The quantitative estimate of drug-likeness (QED) is 0.334. The van der Waals surface area contributed by atoms with Crippen molar-refractivity contribution in [3.8, 4) is 0 Å². The molecule has 5 rings (SSSR count). The highest BCUT2D eigenvalue weighted by Gasteiger charge is 2.49. The van der Waals surface area contributed by atoms with Crippen LogP contribution in [0.25, 0.3) is 0 Å². The second kappa shape index (κ2) is 11.7. The molecule has 1 saturated heterocycles. The zero-order valence-corrected chi connectivity index (χ0v) is 22.8. The summed E-state index contributed by atoms with van der Waals surface area (Å²) in [5.74, 6) is -1.42. The fourth-order valence-electron chi connectivity index (χ4n) is 4.69. The molecule has 0 saturated carbocycles. The fraction of sp³-hybridized carbons (Fsp3) is 0.276. The number of anilines is 1. The molecule has 40 heavy (non-hydrogen) atoms. The monoisotopic (exact) mass is 560 g/mol. The summed E-state index contributed by atoms with van der Waals surface area (Å²) in [6.45, 7) is 3.49. The second-order valence-electron chi connectivity index (χ2n) is 9.44. The molecule has 1 aromatic carbocycles. The smallest absolute Gasteiger partial charge is 0.325 e. The highest BCUT2D eigenvalue weighted by molar-refractivity contribution is 7.14. The van der Waals surface area contributed by atoms with E-state index in [1.807, 2.05) is 48.6 Å². The summed E-state index contributed by atoms with van der Waals surface area (Å²) in [5.41, 5.74) is 1.91. The highest BCUT2D eigenvalue weighted by Crippen LogP contribution is 2.32. The minimum Gasteiger partial charge on any atom is -0.465 e. The molecule has 0 unspecified atom stereocenters. The van der Waals surface area contributed by atoms with Gasteiger partial charge in [-0.15, -0.1) is 11.3 Å². The van der Waals surface area contributed by atoms with Crippen molar-refractivity contribution in [3.05, 3.63) is 94.8 Å². The van der Waals surface area contributed by atoms with Crippen LogP contribution in [0.4, 0.5) is 9.93 Å². The zero-order chi connectivity index (χ0) is 28.2. The van der Waals surface area contributed by atoms with Crippen molar-refractivity contribution in [2.75, 3.05) is 5.32 Å². The summed E-state index contributed by atoms with van der Waals surface area (Å²) in [7, 11) is 0. The Kier molecular flexibility index (Phi) is 7.92. The third kappa shape index (κ3) is 5.46. The summed E-state index contributed by atoms with van der Waals surface area (Å²) in [6.07, 6.45) is 10.5. The first-order chi connectivity index (χ1) is 19.4. The SMILES string of the molecule is CCC(=O)c1csc(NC(=O)[C@H]([C@@H](C)c2ccccc2)N2C(=O)N[C@H](C3=COC=C(C4=CC=CCC4)O3)C2=O)n1. The summed E-state index contributed by atoms with van der Waals surface area (Å²) < 4.78 is 11.4. The van der Waals surface area contributed by atoms with E-state index in [1.165, 1.54) is 12.5 Å². The van der Waals surface area contributed by atoms with E-state index < -0.39 is 35.8 Å². The number of ether oxygens (including phenoxy) is 2. The molecular formula is C29H28N4O6S. The Labute approximate surface area is 235 Å². The number of imide groups is 1. The van der Waals surface area contributed by atoms with Gasteiger partial charge in [0.2, 0.25) is 5.91 Å². The van der Waals surface area contributed by atoms with Crippen LogP contribution >= 0.6 is 11.3 Å². The van der Waals surface area contributed by atoms with Crippen LogP contribution in [0.2, 0.25) is 0 Å². The number of allylic oxidation sites excluding steroid dienone is 4. The van der Waals surface area contributed by atoms with E-state index in [0.717, 1.165) is 40.2 Å². The van der Waals surface area contributed by atoms with E-state index in [0.29, 0.717) is 5.76 Å². The Morgan fingerprint density at radius 1 is 1.23 bits per heavy atom. The molecule has 1 aliphatic carbocycles. The molecule has 3 atom stereocenters. The minimum atomic E-state index is -1.22. The van der Waals surface area contributed by atoms with Gasteiger partial charge < -0.3 is 20.1 Å². The standard InChI is InChI=1S/C29H28N4O6S/c1-3-21(34)20-16-40-28(30-20)32-26(35)25(17(2)18-10-6-4-7-11-18)33-27(36)24(31-29(33)37)23-15-38-14-22(39-23)19-12-8-5-9-13-19/h4-8,10-12,14-17,24-25H,3,9,13H2,1-2H3,(H,31,37)(H,30,32,35)/t17-,24+,25-/m0/s1. The largest absolute Gasteiger partial charge is 0.465 e. The van der Waals surface area contributed by atoms with E-state index in [4.69, 9.17) is 9.47 Å². The number of urea groups is 1. The number of amides is 4. The fourth-order valence-corrected chi connectivity index (χ4v) is 5.41. The molecule has 3 aliphatic rings. The predicted octanol–water partition coefficient (Wildman–Crippen LogP) is 4.77. The number of hydrogen-bond acceptors (Lipinski definition) is 8. The van der Waals surface area contributed by atoms with E-state index in [-0.39, 0.29) is 28.8 Å². The predicted molar refractivity (Wildman–Crippen MR) is 148 cm³/mol. The van der Waals surface area contributed by atoms with Gasteiger partial charge in [-0.1, -0.05) is 62.4 Å². The Bertz CT molecular complexity index is 1460. The van der Waals surface area contributed by atoms with Crippen LogP contribution in [-0.4, -0.2) is 45.6 Å². The summed E-state index contributed by atoms with van der Waals surface area (Å²) in [4.78, 5) is 57.9. The van der Waals surface area contributed by atoms with Crippen LogP contribution in [0.15, 0.2) is 83.6 Å². The molecule has 4 amide bonds. The lowest BCUT2D eigenvalue weighted by Crippen LogP contribution is -2.50. The molecule has 2 aliphatic heterocycles. The van der Waals surface area contributed by atoms with Crippen LogP contribution < -0.4 is 10.6 Å². The average Bonchev–Trinajstić information content (AvgIpc) is 3.57. The molecule has 2 aromatic rings. The highest BCUT2D eigenvalue weighted by atomic mass is 32.1. The maximum absolute atomic E-state index is 13.7. The summed E-state index contributed by atoms with van der Waals surface area (Å²) in [6, 6.07) is 5.99. The number of carbonyl (C=O) groups excluding carboxylic acids is 4. The molecule has 1 aromatic heterocycles. The average molecular weight is 561 g/mol. The first-order valence-electron chi connectivity index (χ1n) is 12.9. The second-order valence-corrected chi connectivity index (χ2v) is 10.3. The maximum Gasteiger partial charge on any atom is 0.325 e. The lowest BCUT2D eigenvalue weighted by molar-refractivity contribution is -0.134. The Hall–Kier alpha value is -4.51. The molecule has 1 fully saturated rings. The van der Waals surface area contributed by atoms with Gasteiger partial charge in [-0.2, -0.15) is 0 Å². The van der Waals surface area contributed by atoms with Gasteiger partial charge in [-0.25, -0.2) is 14.7 Å². The lowest BCUT2D eigenvalue weighted by Gasteiger charge is -2.29. The van der Waals surface area contributed by atoms with Crippen LogP contribution in [-0.2, 0) is 19.1 Å². The molecular weight excluding hydrogens is 532 g/mol. The van der Waals surface area contributed by atoms with E-state index in [2.05, 4.69) is 15.6 Å². The van der Waals surface area contributed by atoms with Crippen molar-refractivity contribution >= 4 is 40.1 Å². The lowest BCUT2D eigenvalue weighted by atomic mass is 9.91. The van der Waals surface area contributed by atoms with E-state index >= 15 is 0 Å². The number of Topliss-reactive ketones (excluding diaryl/α,β-unsaturated/α-hetero) is 1. The van der Waals surface area contributed by atoms with Crippen LogP contribution in [0, 0.1) is 0 Å². The third-order valence-corrected chi connectivity index (χ3v) is 7.62. The van der Waals surface area contributed by atoms with Crippen molar-refractivity contribution in [1.82, 2.24) is 15.2 Å². The summed E-state index contributed by atoms with van der Waals surface area (Å²) in [5, 5.41) is 7.11. The molecule has 3 heterocycles. The molecule has 0 bridgehead atoms. The molecule has 0 radical (unpaired) electrons. The van der Waals surface area contributed by atoms with Gasteiger partial charge in [0.05, 0.1) is 0 Å². The van der Waals surface area contributed by atoms with Crippen molar-refractivity contribution < 1.29 is 28.7 Å². The van der Waals surface area contributed by atoms with Gasteiger partial charge in [0.1, 0.15) is 24.3 Å². The van der Waals surface area contributed by atoms with Gasteiger partial charge in [0.15, 0.2) is 28.5 Å². The molecule has 10 nitrogen and oxygen atoms in total. The van der Waals surface area contributed by atoms with Crippen molar-refractivity contribution in [2.45, 2.75) is 51.1 Å². The maximum atomic E-state index is 13.7. The first kappa shape index (κ1) is 27.1. The van der Waals surface area contributed by atoms with E-state index in [9.17, 15) is 19.2 Å². The number of hydrogen-bond donors (Lipinski definition) is 2. The number of carbonyl (C=O) groups is 4. The van der Waals surface area contributed by atoms with Crippen molar-refractivity contribution in [3.63, 3.8) is 0 Å². The minimum absolute atomic E-state index is 0.114. The third-order valence-electron chi connectivity index (χ3n) is 6.86. The van der Waals surface area contributed by atoms with Crippen LogP contribution in [0.5, 0.6) is 0 Å². The van der Waals surface area contributed by atoms with Gasteiger partial charge in [0.25, 0.3) is 5.91 Å². The van der Waals surface area contributed by atoms with Gasteiger partial charge in [-0.3, -0.25) is 14.4 Å². The molecule has 2 N–H and O–H groups in total. The number of rotatable bonds is 9. The Morgan fingerprint density at radius 2 is 2.02 bits per heavy atom. The topological polar surface area (TPSA) is 127 Å². The summed E-state index contributed by atoms with van der Waals surface area (Å²) >= 11 is 1.10. The van der Waals surface area contributed by atoms with Crippen molar-refractivity contribution in [2.24, 2.45) is 0 Å². The number of thiazole rings is 1. The number of benzene rings is 1. The number of ketones is 1. The number of aromatic nitrogens is 1. The molecule has 11 heteroatoms. The zero-order valence-electron chi connectivity index (χ0n) is 22.0.